The molecule has 2 saturated heterocycles. The van der Waals surface area contributed by atoms with Gasteiger partial charge in [-0.1, -0.05) is 11.3 Å². The lowest BCUT2D eigenvalue weighted by atomic mass is 10.2. The molecule has 2 fully saturated rings. The molecule has 2 N–H and O–H groups in total. The number of nitrogens with zero attached hydrogens (tertiary/aromatic N) is 2. The number of halogens is 1. The van der Waals surface area contributed by atoms with Crippen molar-refractivity contribution in [1.29, 1.82) is 0 Å². The Hall–Kier alpha value is -1.37. The van der Waals surface area contributed by atoms with Gasteiger partial charge in [-0.3, -0.25) is 4.79 Å². The number of aromatic nitrogens is 1. The summed E-state index contributed by atoms with van der Waals surface area (Å²) in [6, 6.07) is 5.95. The highest BCUT2D eigenvalue weighted by Crippen LogP contribution is 2.32. The van der Waals surface area contributed by atoms with Crippen molar-refractivity contribution in [2.75, 3.05) is 29.9 Å². The van der Waals surface area contributed by atoms with E-state index in [0.717, 1.165) is 53.5 Å². The van der Waals surface area contributed by atoms with Crippen molar-refractivity contribution in [2.45, 2.75) is 31.7 Å². The zero-order valence-electron chi connectivity index (χ0n) is 12.9. The van der Waals surface area contributed by atoms with Gasteiger partial charge < -0.3 is 15.5 Å². The lowest BCUT2D eigenvalue weighted by Crippen LogP contribution is -2.35. The van der Waals surface area contributed by atoms with Crippen molar-refractivity contribution in [3.05, 3.63) is 18.2 Å². The first-order valence-electron chi connectivity index (χ1n) is 7.99. The highest BCUT2D eigenvalue weighted by molar-refractivity contribution is 7.22. The zero-order chi connectivity index (χ0) is 14.9. The number of hydrogen-bond donors (Lipinski definition) is 2. The Morgan fingerprint density at radius 2 is 2.13 bits per heavy atom. The van der Waals surface area contributed by atoms with Crippen LogP contribution < -0.4 is 15.5 Å². The monoisotopic (exact) mass is 352 g/mol. The Kier molecular flexibility index (Phi) is 5.04. The summed E-state index contributed by atoms with van der Waals surface area (Å²) in [6.07, 6.45) is 4.51. The smallest absolute Gasteiger partial charge is 0.241 e. The van der Waals surface area contributed by atoms with Crippen LogP contribution in [0.2, 0.25) is 0 Å². The molecule has 2 aliphatic rings. The summed E-state index contributed by atoms with van der Waals surface area (Å²) < 4.78 is 1.14. The van der Waals surface area contributed by atoms with E-state index in [0.29, 0.717) is 0 Å². The van der Waals surface area contributed by atoms with Gasteiger partial charge in [0.05, 0.1) is 16.3 Å². The van der Waals surface area contributed by atoms with Crippen molar-refractivity contribution in [1.82, 2.24) is 10.3 Å². The van der Waals surface area contributed by atoms with E-state index in [1.165, 1.54) is 12.8 Å². The molecule has 2 aromatic rings. The third-order valence-corrected chi connectivity index (χ3v) is 5.48. The molecule has 124 valence electrons. The van der Waals surface area contributed by atoms with Gasteiger partial charge in [-0.2, -0.15) is 0 Å². The Morgan fingerprint density at radius 1 is 1.30 bits per heavy atom. The number of hydrogen-bond acceptors (Lipinski definition) is 5. The van der Waals surface area contributed by atoms with Crippen molar-refractivity contribution < 1.29 is 4.79 Å². The Morgan fingerprint density at radius 3 is 2.87 bits per heavy atom. The lowest BCUT2D eigenvalue weighted by Gasteiger charge is -2.11. The van der Waals surface area contributed by atoms with Crippen LogP contribution >= 0.6 is 23.7 Å². The number of rotatable bonds is 3. The van der Waals surface area contributed by atoms with E-state index in [2.05, 4.69) is 15.5 Å². The molecule has 1 atom stereocenters. The maximum absolute atomic E-state index is 12.2. The highest BCUT2D eigenvalue weighted by Gasteiger charge is 2.22. The maximum atomic E-state index is 12.2. The van der Waals surface area contributed by atoms with Crippen molar-refractivity contribution >= 4 is 50.7 Å². The van der Waals surface area contributed by atoms with Crippen LogP contribution in [0.4, 0.5) is 10.8 Å². The largest absolute Gasteiger partial charge is 0.348 e. The van der Waals surface area contributed by atoms with Crippen LogP contribution in [0.1, 0.15) is 25.7 Å². The number of carbonyl (C=O) groups is 1. The number of carbonyl (C=O) groups excluding carboxylic acids is 1. The Bertz CT molecular complexity index is 692. The van der Waals surface area contributed by atoms with E-state index in [-0.39, 0.29) is 24.4 Å². The van der Waals surface area contributed by atoms with Gasteiger partial charge in [0.2, 0.25) is 5.91 Å². The molecule has 1 aromatic carbocycles. The topological polar surface area (TPSA) is 57.3 Å². The molecule has 0 radical (unpaired) electrons. The minimum absolute atomic E-state index is 0. The first-order chi connectivity index (χ1) is 10.8. The summed E-state index contributed by atoms with van der Waals surface area (Å²) in [4.78, 5) is 19.2. The molecule has 1 amide bonds. The molecule has 0 saturated carbocycles. The van der Waals surface area contributed by atoms with Crippen molar-refractivity contribution in [2.24, 2.45) is 0 Å². The van der Waals surface area contributed by atoms with Gasteiger partial charge in [0.1, 0.15) is 0 Å². The number of amides is 1. The molecule has 2 aliphatic heterocycles. The second-order valence-corrected chi connectivity index (χ2v) is 7.02. The molecule has 4 rings (SSSR count). The molecule has 5 nitrogen and oxygen atoms in total. The van der Waals surface area contributed by atoms with Crippen molar-refractivity contribution in [3.8, 4) is 0 Å². The second-order valence-electron chi connectivity index (χ2n) is 6.01. The van der Waals surface area contributed by atoms with E-state index in [1.54, 1.807) is 11.3 Å². The van der Waals surface area contributed by atoms with E-state index in [4.69, 9.17) is 4.98 Å². The minimum atomic E-state index is -0.0441. The summed E-state index contributed by atoms with van der Waals surface area (Å²) in [5.41, 5.74) is 1.88. The summed E-state index contributed by atoms with van der Waals surface area (Å²) in [5, 5.41) is 7.35. The van der Waals surface area contributed by atoms with Crippen LogP contribution in [-0.2, 0) is 4.79 Å². The fraction of sp³-hybridized carbons (Fsp3) is 0.500. The van der Waals surface area contributed by atoms with Gasteiger partial charge in [0.25, 0.3) is 0 Å². The molecular formula is C16H21ClN4OS. The molecule has 1 aromatic heterocycles. The first kappa shape index (κ1) is 16.5. The number of benzene rings is 1. The highest BCUT2D eigenvalue weighted by atomic mass is 35.5. The van der Waals surface area contributed by atoms with Gasteiger partial charge >= 0.3 is 0 Å². The van der Waals surface area contributed by atoms with Gasteiger partial charge in [-0.15, -0.1) is 12.4 Å². The standard InChI is InChI=1S/C16H20N4OS.ClH/c21-15(13-4-3-7-17-13)18-11-5-6-12-14(10-11)22-16(19-12)20-8-1-2-9-20;/h5-6,10,13,17H,1-4,7-9H2,(H,18,21);1H. The third kappa shape index (κ3) is 3.44. The summed E-state index contributed by atoms with van der Waals surface area (Å²) in [6.45, 7) is 3.15. The van der Waals surface area contributed by atoms with E-state index in [1.807, 2.05) is 18.2 Å². The molecule has 0 bridgehead atoms. The first-order valence-corrected chi connectivity index (χ1v) is 8.81. The lowest BCUT2D eigenvalue weighted by molar-refractivity contribution is -0.117. The van der Waals surface area contributed by atoms with E-state index in [9.17, 15) is 4.79 Å². The normalized spacial score (nSPS) is 20.7. The number of anilines is 2. The van der Waals surface area contributed by atoms with E-state index >= 15 is 0 Å². The van der Waals surface area contributed by atoms with Crippen LogP contribution in [0.3, 0.4) is 0 Å². The number of nitrogens with one attached hydrogen (secondary N) is 2. The predicted octanol–water partition coefficient (Wildman–Crippen LogP) is 3.01. The minimum Gasteiger partial charge on any atom is -0.348 e. The van der Waals surface area contributed by atoms with Crippen LogP contribution in [-0.4, -0.2) is 36.6 Å². The maximum Gasteiger partial charge on any atom is 0.241 e. The molecule has 23 heavy (non-hydrogen) atoms. The summed E-state index contributed by atoms with van der Waals surface area (Å²) in [7, 11) is 0. The third-order valence-electron chi connectivity index (χ3n) is 4.40. The molecule has 0 spiro atoms. The molecule has 1 unspecified atom stereocenters. The van der Waals surface area contributed by atoms with Crippen LogP contribution in [0.25, 0.3) is 10.2 Å². The van der Waals surface area contributed by atoms with Crippen LogP contribution in [0.5, 0.6) is 0 Å². The molecule has 7 heteroatoms. The number of thiazole rings is 1. The van der Waals surface area contributed by atoms with Gasteiger partial charge in [-0.05, 0) is 50.4 Å². The quantitative estimate of drug-likeness (QED) is 0.891. The zero-order valence-corrected chi connectivity index (χ0v) is 14.5. The summed E-state index contributed by atoms with van der Waals surface area (Å²) in [5.74, 6) is 0.0705. The average Bonchev–Trinajstić information content (AvgIpc) is 3.26. The van der Waals surface area contributed by atoms with Crippen LogP contribution in [0, 0.1) is 0 Å². The predicted molar refractivity (Wildman–Crippen MR) is 98.0 cm³/mol. The average molecular weight is 353 g/mol. The SMILES string of the molecule is Cl.O=C(Nc1ccc2nc(N3CCCC3)sc2c1)C1CCCN1. The molecule has 0 aliphatic carbocycles. The van der Waals surface area contributed by atoms with E-state index < -0.39 is 0 Å². The fourth-order valence-corrected chi connectivity index (χ4v) is 4.23. The fourth-order valence-electron chi connectivity index (χ4n) is 3.17. The van der Waals surface area contributed by atoms with Crippen LogP contribution in [0.15, 0.2) is 18.2 Å². The second kappa shape index (κ2) is 7.03. The molecular weight excluding hydrogens is 332 g/mol. The Labute approximate surface area is 145 Å². The molecule has 3 heterocycles. The summed E-state index contributed by atoms with van der Waals surface area (Å²) >= 11 is 1.72. The van der Waals surface area contributed by atoms with Crippen molar-refractivity contribution in [3.63, 3.8) is 0 Å². The number of fused-ring (bicyclic) bond motifs is 1. The van der Waals surface area contributed by atoms with Gasteiger partial charge in [0.15, 0.2) is 5.13 Å². The van der Waals surface area contributed by atoms with Gasteiger partial charge in [-0.25, -0.2) is 4.98 Å². The van der Waals surface area contributed by atoms with Gasteiger partial charge in [0, 0.05) is 18.8 Å². The Balaban J connectivity index is 0.00000156.